The van der Waals surface area contributed by atoms with Crippen molar-refractivity contribution in [2.75, 3.05) is 18.4 Å². The highest BCUT2D eigenvalue weighted by molar-refractivity contribution is 7.18. The van der Waals surface area contributed by atoms with Crippen molar-refractivity contribution in [3.63, 3.8) is 0 Å². The van der Waals surface area contributed by atoms with E-state index in [1.165, 1.54) is 10.8 Å². The fourth-order valence-electron chi connectivity index (χ4n) is 3.26. The van der Waals surface area contributed by atoms with E-state index in [-0.39, 0.29) is 24.2 Å². The molecule has 4 rings (SSSR count). The molecule has 2 aromatic carbocycles. The quantitative estimate of drug-likeness (QED) is 0.762. The fraction of sp³-hybridized carbons (Fsp3) is 0.263. The molecule has 25 heavy (non-hydrogen) atoms. The van der Waals surface area contributed by atoms with Gasteiger partial charge in [-0.05, 0) is 43.7 Å². The third-order valence-electron chi connectivity index (χ3n) is 4.45. The van der Waals surface area contributed by atoms with Gasteiger partial charge >= 0.3 is 0 Å². The third kappa shape index (κ3) is 3.41. The van der Waals surface area contributed by atoms with Gasteiger partial charge in [0.15, 0.2) is 0 Å². The van der Waals surface area contributed by atoms with Gasteiger partial charge in [-0.2, -0.15) is 0 Å². The van der Waals surface area contributed by atoms with Gasteiger partial charge in [0.05, 0.1) is 28.5 Å². The lowest BCUT2D eigenvalue weighted by Crippen LogP contribution is -2.33. The molecule has 1 amide bonds. The first kappa shape index (κ1) is 16.2. The van der Waals surface area contributed by atoms with Crippen molar-refractivity contribution < 1.29 is 9.18 Å². The topological polar surface area (TPSA) is 45.2 Å². The monoisotopic (exact) mass is 355 g/mol. The first-order chi connectivity index (χ1) is 12.2. The van der Waals surface area contributed by atoms with E-state index in [1.54, 1.807) is 29.5 Å². The highest BCUT2D eigenvalue weighted by atomic mass is 32.1. The lowest BCUT2D eigenvalue weighted by atomic mass is 10.2. The number of hydrogen-bond acceptors (Lipinski definition) is 4. The first-order valence-corrected chi connectivity index (χ1v) is 9.16. The highest BCUT2D eigenvalue weighted by Crippen LogP contribution is 2.36. The van der Waals surface area contributed by atoms with Gasteiger partial charge in [-0.1, -0.05) is 24.3 Å². The van der Waals surface area contributed by atoms with Gasteiger partial charge in [0, 0.05) is 0 Å². The van der Waals surface area contributed by atoms with Crippen molar-refractivity contribution in [1.29, 1.82) is 0 Å². The van der Waals surface area contributed by atoms with E-state index in [2.05, 4.69) is 16.3 Å². The largest absolute Gasteiger partial charge is 0.322 e. The Hall–Kier alpha value is -2.31. The minimum absolute atomic E-state index is 0.156. The van der Waals surface area contributed by atoms with Crippen LogP contribution in [0.15, 0.2) is 48.5 Å². The van der Waals surface area contributed by atoms with Gasteiger partial charge in [0.1, 0.15) is 10.8 Å². The Morgan fingerprint density at radius 3 is 2.88 bits per heavy atom. The number of anilines is 1. The van der Waals surface area contributed by atoms with Crippen LogP contribution in [0.3, 0.4) is 0 Å². The number of amides is 1. The zero-order valence-corrected chi connectivity index (χ0v) is 14.4. The molecule has 1 aliphatic rings. The molecule has 128 valence electrons. The van der Waals surface area contributed by atoms with Crippen LogP contribution >= 0.6 is 11.3 Å². The number of nitrogens with zero attached hydrogens (tertiary/aromatic N) is 2. The fourth-order valence-corrected chi connectivity index (χ4v) is 4.40. The van der Waals surface area contributed by atoms with Crippen LogP contribution in [0.5, 0.6) is 0 Å². The summed E-state index contributed by atoms with van der Waals surface area (Å²) >= 11 is 1.69. The van der Waals surface area contributed by atoms with Crippen molar-refractivity contribution >= 4 is 33.1 Å². The molecule has 1 saturated heterocycles. The number of halogens is 1. The molecule has 0 bridgehead atoms. The lowest BCUT2D eigenvalue weighted by molar-refractivity contribution is -0.117. The number of fused-ring (bicyclic) bond motifs is 1. The van der Waals surface area contributed by atoms with E-state index in [1.807, 2.05) is 18.2 Å². The van der Waals surface area contributed by atoms with Gasteiger partial charge in [0.25, 0.3) is 0 Å². The predicted octanol–water partition coefficient (Wildman–Crippen LogP) is 4.21. The Morgan fingerprint density at radius 1 is 1.24 bits per heavy atom. The number of aromatic nitrogens is 1. The Bertz CT molecular complexity index is 877. The summed E-state index contributed by atoms with van der Waals surface area (Å²) < 4.78 is 14.9. The van der Waals surface area contributed by atoms with Gasteiger partial charge in [-0.3, -0.25) is 9.69 Å². The van der Waals surface area contributed by atoms with Crippen molar-refractivity contribution in [1.82, 2.24) is 9.88 Å². The van der Waals surface area contributed by atoms with E-state index in [4.69, 9.17) is 4.98 Å². The molecule has 1 aromatic heterocycles. The average molecular weight is 355 g/mol. The van der Waals surface area contributed by atoms with Crippen LogP contribution in [-0.4, -0.2) is 28.9 Å². The minimum atomic E-state index is -0.417. The van der Waals surface area contributed by atoms with Gasteiger partial charge in [0.2, 0.25) is 5.91 Å². The minimum Gasteiger partial charge on any atom is -0.322 e. The molecule has 0 unspecified atom stereocenters. The predicted molar refractivity (Wildman–Crippen MR) is 98.2 cm³/mol. The van der Waals surface area contributed by atoms with Crippen LogP contribution in [0.1, 0.15) is 23.9 Å². The van der Waals surface area contributed by atoms with Crippen LogP contribution in [-0.2, 0) is 4.79 Å². The third-order valence-corrected chi connectivity index (χ3v) is 5.59. The van der Waals surface area contributed by atoms with E-state index in [9.17, 15) is 9.18 Å². The lowest BCUT2D eigenvalue weighted by Gasteiger charge is -2.22. The molecule has 1 atom stereocenters. The molecule has 6 heteroatoms. The smallest absolute Gasteiger partial charge is 0.238 e. The Morgan fingerprint density at radius 2 is 2.04 bits per heavy atom. The Labute approximate surface area is 149 Å². The number of carbonyl (C=O) groups excluding carboxylic acids is 1. The number of carbonyl (C=O) groups is 1. The summed E-state index contributed by atoms with van der Waals surface area (Å²) in [5.41, 5.74) is 1.23. The summed E-state index contributed by atoms with van der Waals surface area (Å²) in [5.74, 6) is -0.613. The summed E-state index contributed by atoms with van der Waals surface area (Å²) in [5, 5.41) is 3.72. The second kappa shape index (κ2) is 6.90. The summed E-state index contributed by atoms with van der Waals surface area (Å²) in [6.07, 6.45) is 2.03. The second-order valence-electron chi connectivity index (χ2n) is 6.18. The number of para-hydroxylation sites is 2. The van der Waals surface area contributed by atoms with Crippen molar-refractivity contribution in [2.24, 2.45) is 0 Å². The molecule has 0 saturated carbocycles. The molecular formula is C19H18FN3OS. The second-order valence-corrected chi connectivity index (χ2v) is 7.24. The molecule has 0 aliphatic carbocycles. The van der Waals surface area contributed by atoms with Crippen molar-refractivity contribution in [2.45, 2.75) is 18.9 Å². The summed E-state index contributed by atoms with van der Waals surface area (Å²) in [6.45, 7) is 1.10. The Balaban J connectivity index is 1.48. The summed E-state index contributed by atoms with van der Waals surface area (Å²) in [6, 6.07) is 14.5. The molecule has 4 nitrogen and oxygen atoms in total. The van der Waals surface area contributed by atoms with Gasteiger partial charge in [-0.25, -0.2) is 9.37 Å². The molecule has 1 aliphatic heterocycles. The zero-order chi connectivity index (χ0) is 17.2. The SMILES string of the molecule is O=C(CN1CCC[C@H]1c1nc2ccccc2s1)Nc1ccccc1F. The number of thiazole rings is 1. The molecule has 2 heterocycles. The summed E-state index contributed by atoms with van der Waals surface area (Å²) in [7, 11) is 0. The molecule has 1 fully saturated rings. The number of hydrogen-bond donors (Lipinski definition) is 1. The van der Waals surface area contributed by atoms with Crippen molar-refractivity contribution in [3.05, 3.63) is 59.4 Å². The maximum Gasteiger partial charge on any atom is 0.238 e. The Kier molecular flexibility index (Phi) is 4.46. The number of benzene rings is 2. The van der Waals surface area contributed by atoms with Gasteiger partial charge in [-0.15, -0.1) is 11.3 Å². The zero-order valence-electron chi connectivity index (χ0n) is 13.6. The average Bonchev–Trinajstić information content (AvgIpc) is 3.23. The van der Waals surface area contributed by atoms with Crippen LogP contribution < -0.4 is 5.32 Å². The molecule has 0 radical (unpaired) electrons. The van der Waals surface area contributed by atoms with Crippen LogP contribution in [0.4, 0.5) is 10.1 Å². The van der Waals surface area contributed by atoms with Crippen LogP contribution in [0.25, 0.3) is 10.2 Å². The maximum atomic E-state index is 13.7. The normalized spacial score (nSPS) is 17.9. The van der Waals surface area contributed by atoms with E-state index in [0.29, 0.717) is 0 Å². The molecule has 1 N–H and O–H groups in total. The number of rotatable bonds is 4. The molecular weight excluding hydrogens is 337 g/mol. The molecule has 0 spiro atoms. The van der Waals surface area contributed by atoms with E-state index in [0.717, 1.165) is 29.9 Å². The van der Waals surface area contributed by atoms with E-state index >= 15 is 0 Å². The van der Waals surface area contributed by atoms with Crippen LogP contribution in [0.2, 0.25) is 0 Å². The standard InChI is InChI=1S/C19H18FN3OS/c20-13-6-1-2-7-14(13)21-18(24)12-23-11-5-9-16(23)19-22-15-8-3-4-10-17(15)25-19/h1-4,6-8,10,16H,5,9,11-12H2,(H,21,24)/t16-/m0/s1. The first-order valence-electron chi connectivity index (χ1n) is 8.34. The van der Waals surface area contributed by atoms with Crippen molar-refractivity contribution in [3.8, 4) is 0 Å². The highest BCUT2D eigenvalue weighted by Gasteiger charge is 2.30. The summed E-state index contributed by atoms with van der Waals surface area (Å²) in [4.78, 5) is 19.2. The van der Waals surface area contributed by atoms with Gasteiger partial charge < -0.3 is 5.32 Å². The maximum absolute atomic E-state index is 13.7. The molecule has 3 aromatic rings. The van der Waals surface area contributed by atoms with E-state index < -0.39 is 5.82 Å². The number of nitrogens with one attached hydrogen (secondary N) is 1. The number of likely N-dealkylation sites (tertiary alicyclic amines) is 1. The van der Waals surface area contributed by atoms with Crippen LogP contribution in [0, 0.1) is 5.82 Å².